The van der Waals surface area contributed by atoms with Gasteiger partial charge in [-0.3, -0.25) is 0 Å². The molecule has 1 aliphatic carbocycles. The molecule has 1 aromatic heterocycles. The average molecular weight is 228 g/mol. The molecule has 0 spiro atoms. The topological polar surface area (TPSA) is 30.2 Å². The van der Waals surface area contributed by atoms with Crippen LogP contribution in [0.2, 0.25) is 0 Å². The highest BCUT2D eigenvalue weighted by atomic mass is 16.4. The van der Waals surface area contributed by atoms with Gasteiger partial charge in [-0.25, -0.2) is 4.79 Å². The summed E-state index contributed by atoms with van der Waals surface area (Å²) in [5, 5.41) is 1.10. The predicted octanol–water partition coefficient (Wildman–Crippen LogP) is 3.29. The second-order valence-corrected chi connectivity index (χ2v) is 4.97. The van der Waals surface area contributed by atoms with E-state index in [1.807, 2.05) is 6.92 Å². The fourth-order valence-corrected chi connectivity index (χ4v) is 2.90. The molecule has 2 heteroatoms. The molecule has 0 aliphatic heterocycles. The highest BCUT2D eigenvalue weighted by Gasteiger charge is 2.16. The van der Waals surface area contributed by atoms with Gasteiger partial charge < -0.3 is 4.42 Å². The van der Waals surface area contributed by atoms with Crippen molar-refractivity contribution in [3.63, 3.8) is 0 Å². The van der Waals surface area contributed by atoms with E-state index in [1.165, 1.54) is 24.0 Å². The minimum Gasteiger partial charge on any atom is -0.422 e. The normalized spacial score (nSPS) is 14.9. The lowest BCUT2D eigenvalue weighted by atomic mass is 9.86. The number of hydrogen-bond acceptors (Lipinski definition) is 2. The zero-order valence-corrected chi connectivity index (χ0v) is 10.3. The Hall–Kier alpha value is -1.57. The van der Waals surface area contributed by atoms with E-state index in [9.17, 15) is 4.79 Å². The van der Waals surface area contributed by atoms with Crippen LogP contribution in [0.5, 0.6) is 0 Å². The Morgan fingerprint density at radius 2 is 1.88 bits per heavy atom. The van der Waals surface area contributed by atoms with Crippen molar-refractivity contribution in [3.05, 3.63) is 44.8 Å². The standard InChI is InChI=1S/C15H16O2/c1-9-7-14(16)17-15-10(2)12-6-4-3-5-11(12)8-13(9)15/h7-8H,3-6H2,1-2H3. The second kappa shape index (κ2) is 3.73. The molecule has 1 aromatic carbocycles. The summed E-state index contributed by atoms with van der Waals surface area (Å²) in [6, 6.07) is 3.80. The van der Waals surface area contributed by atoms with Gasteiger partial charge in [0.1, 0.15) is 5.58 Å². The smallest absolute Gasteiger partial charge is 0.336 e. The molecular formula is C15H16O2. The largest absolute Gasteiger partial charge is 0.422 e. The van der Waals surface area contributed by atoms with Crippen LogP contribution in [0.15, 0.2) is 21.3 Å². The van der Waals surface area contributed by atoms with Crippen LogP contribution >= 0.6 is 0 Å². The molecule has 0 saturated heterocycles. The van der Waals surface area contributed by atoms with E-state index >= 15 is 0 Å². The van der Waals surface area contributed by atoms with E-state index in [-0.39, 0.29) is 5.63 Å². The highest BCUT2D eigenvalue weighted by molar-refractivity contribution is 5.85. The van der Waals surface area contributed by atoms with E-state index in [0.717, 1.165) is 34.9 Å². The van der Waals surface area contributed by atoms with Crippen LogP contribution in [0.3, 0.4) is 0 Å². The summed E-state index contributed by atoms with van der Waals surface area (Å²) in [4.78, 5) is 11.5. The first kappa shape index (κ1) is 10.6. The Bertz CT molecular complexity index is 650. The van der Waals surface area contributed by atoms with Crippen LogP contribution in [-0.4, -0.2) is 0 Å². The van der Waals surface area contributed by atoms with E-state index in [4.69, 9.17) is 4.42 Å². The summed E-state index contributed by atoms with van der Waals surface area (Å²) in [6.07, 6.45) is 4.79. The molecular weight excluding hydrogens is 212 g/mol. The first-order valence-electron chi connectivity index (χ1n) is 6.22. The summed E-state index contributed by atoms with van der Waals surface area (Å²) in [7, 11) is 0. The molecule has 2 aromatic rings. The molecule has 0 bridgehead atoms. The first-order valence-corrected chi connectivity index (χ1v) is 6.22. The van der Waals surface area contributed by atoms with Crippen molar-refractivity contribution < 1.29 is 4.42 Å². The molecule has 0 atom stereocenters. The number of rotatable bonds is 0. The summed E-state index contributed by atoms with van der Waals surface area (Å²) in [6.45, 7) is 4.06. The third kappa shape index (κ3) is 1.59. The second-order valence-electron chi connectivity index (χ2n) is 4.97. The maximum absolute atomic E-state index is 11.5. The quantitative estimate of drug-likeness (QED) is 0.648. The Morgan fingerprint density at radius 3 is 2.71 bits per heavy atom. The molecule has 3 rings (SSSR count). The third-order valence-corrected chi connectivity index (χ3v) is 3.83. The number of hydrogen-bond donors (Lipinski definition) is 0. The van der Waals surface area contributed by atoms with Crippen molar-refractivity contribution in [2.75, 3.05) is 0 Å². The Balaban J connectivity index is 2.44. The SMILES string of the molecule is Cc1cc(=O)oc2c(C)c3c(cc12)CCCC3. The van der Waals surface area contributed by atoms with Gasteiger partial charge in [0, 0.05) is 11.5 Å². The van der Waals surface area contributed by atoms with Gasteiger partial charge in [0.05, 0.1) is 0 Å². The van der Waals surface area contributed by atoms with E-state index in [1.54, 1.807) is 6.07 Å². The van der Waals surface area contributed by atoms with Gasteiger partial charge in [-0.1, -0.05) is 0 Å². The number of fused-ring (bicyclic) bond motifs is 2. The Labute approximate surface area is 100 Å². The molecule has 2 nitrogen and oxygen atoms in total. The van der Waals surface area contributed by atoms with Gasteiger partial charge in [0.25, 0.3) is 0 Å². The molecule has 0 amide bonds. The lowest BCUT2D eigenvalue weighted by Crippen LogP contribution is -2.07. The van der Waals surface area contributed by atoms with Crippen molar-refractivity contribution in [1.82, 2.24) is 0 Å². The Morgan fingerprint density at radius 1 is 1.12 bits per heavy atom. The van der Waals surface area contributed by atoms with Crippen molar-refractivity contribution in [2.24, 2.45) is 0 Å². The van der Waals surface area contributed by atoms with Crippen LogP contribution in [0.4, 0.5) is 0 Å². The predicted molar refractivity (Wildman–Crippen MR) is 68.6 cm³/mol. The monoisotopic (exact) mass is 228 g/mol. The molecule has 0 radical (unpaired) electrons. The molecule has 0 N–H and O–H groups in total. The summed E-state index contributed by atoms with van der Waals surface area (Å²) >= 11 is 0. The molecule has 0 saturated carbocycles. The van der Waals surface area contributed by atoms with Crippen molar-refractivity contribution in [1.29, 1.82) is 0 Å². The molecule has 1 aliphatic rings. The molecule has 1 heterocycles. The van der Waals surface area contributed by atoms with Gasteiger partial charge in [0.15, 0.2) is 0 Å². The maximum atomic E-state index is 11.5. The van der Waals surface area contributed by atoms with Crippen molar-refractivity contribution in [3.8, 4) is 0 Å². The van der Waals surface area contributed by atoms with Crippen LogP contribution in [0, 0.1) is 13.8 Å². The van der Waals surface area contributed by atoms with E-state index in [2.05, 4.69) is 13.0 Å². The fourth-order valence-electron chi connectivity index (χ4n) is 2.90. The summed E-state index contributed by atoms with van der Waals surface area (Å²) in [5.74, 6) is 0. The van der Waals surface area contributed by atoms with Crippen LogP contribution in [-0.2, 0) is 12.8 Å². The van der Waals surface area contributed by atoms with Crippen LogP contribution < -0.4 is 5.63 Å². The zero-order chi connectivity index (χ0) is 12.0. The van der Waals surface area contributed by atoms with Gasteiger partial charge >= 0.3 is 5.63 Å². The van der Waals surface area contributed by atoms with Crippen LogP contribution in [0.1, 0.15) is 35.1 Å². The van der Waals surface area contributed by atoms with Crippen molar-refractivity contribution in [2.45, 2.75) is 39.5 Å². The van der Waals surface area contributed by atoms with E-state index < -0.39 is 0 Å². The van der Waals surface area contributed by atoms with Crippen molar-refractivity contribution >= 4 is 11.0 Å². The minimum atomic E-state index is -0.242. The molecule has 88 valence electrons. The van der Waals surface area contributed by atoms with Gasteiger partial charge in [-0.2, -0.15) is 0 Å². The minimum absolute atomic E-state index is 0.242. The first-order chi connectivity index (χ1) is 8.16. The lowest BCUT2D eigenvalue weighted by Gasteiger charge is -2.19. The molecule has 17 heavy (non-hydrogen) atoms. The summed E-state index contributed by atoms with van der Waals surface area (Å²) in [5.41, 5.74) is 5.57. The van der Waals surface area contributed by atoms with E-state index in [0.29, 0.717) is 0 Å². The third-order valence-electron chi connectivity index (χ3n) is 3.83. The number of benzene rings is 1. The average Bonchev–Trinajstić information content (AvgIpc) is 2.31. The fraction of sp³-hybridized carbons (Fsp3) is 0.400. The maximum Gasteiger partial charge on any atom is 0.336 e. The van der Waals surface area contributed by atoms with Gasteiger partial charge in [-0.15, -0.1) is 0 Å². The zero-order valence-electron chi connectivity index (χ0n) is 10.3. The lowest BCUT2D eigenvalue weighted by molar-refractivity contribution is 0.555. The highest BCUT2D eigenvalue weighted by Crippen LogP contribution is 2.31. The molecule has 0 fully saturated rings. The Kier molecular flexibility index (Phi) is 2.32. The summed E-state index contributed by atoms with van der Waals surface area (Å²) < 4.78 is 5.38. The van der Waals surface area contributed by atoms with Gasteiger partial charge in [-0.05, 0) is 67.9 Å². The number of aryl methyl sites for hydroxylation is 3. The van der Waals surface area contributed by atoms with Crippen LogP contribution in [0.25, 0.3) is 11.0 Å². The molecule has 0 unspecified atom stereocenters. The van der Waals surface area contributed by atoms with Gasteiger partial charge in [0.2, 0.25) is 0 Å².